The average Bonchev–Trinajstić information content (AvgIpc) is 1.85. The Kier molecular flexibility index (Phi) is 5.50. The van der Waals surface area contributed by atoms with E-state index in [4.69, 9.17) is 4.55 Å². The smallest absolute Gasteiger partial charge is 0.261 e. The molecule has 0 spiro atoms. The van der Waals surface area contributed by atoms with Crippen LogP contribution in [0.3, 0.4) is 0 Å². The second-order valence-electron chi connectivity index (χ2n) is 3.48. The van der Waals surface area contributed by atoms with Crippen LogP contribution in [0.25, 0.3) is 0 Å². The number of hydrogen-bond acceptors (Lipinski definition) is 2. The Morgan fingerprint density at radius 3 is 1.67 bits per heavy atom. The van der Waals surface area contributed by atoms with Gasteiger partial charge < -0.3 is 0 Å². The lowest BCUT2D eigenvalue weighted by Crippen LogP contribution is -1.99. The zero-order valence-electron chi connectivity index (χ0n) is 7.78. The molecule has 4 heteroatoms. The molecule has 74 valence electrons. The van der Waals surface area contributed by atoms with Gasteiger partial charge in [0.2, 0.25) is 0 Å². The highest BCUT2D eigenvalue weighted by Gasteiger charge is 2.05. The maximum atomic E-state index is 9.19. The molecule has 1 fully saturated rings. The van der Waals surface area contributed by atoms with Crippen molar-refractivity contribution in [3.05, 3.63) is 0 Å². The largest absolute Gasteiger partial charge is 0.286 e. The molecule has 0 amide bonds. The third-order valence-electron chi connectivity index (χ3n) is 1.89. The molecular formula is C8H18O3S. The second kappa shape index (κ2) is 5.54. The molecule has 0 aliphatic heterocycles. The van der Waals surface area contributed by atoms with Crippen molar-refractivity contribution < 1.29 is 13.0 Å². The summed E-state index contributed by atoms with van der Waals surface area (Å²) in [5, 5.41) is 0. The molecular weight excluding hydrogens is 176 g/mol. The topological polar surface area (TPSA) is 54.4 Å². The monoisotopic (exact) mass is 194 g/mol. The molecule has 0 radical (unpaired) electrons. The first-order valence-electron chi connectivity index (χ1n) is 4.32. The minimum absolute atomic E-state index is 0.715. The minimum atomic E-state index is -3.67. The van der Waals surface area contributed by atoms with Crippen LogP contribution in [0.5, 0.6) is 0 Å². The first-order valence-corrected chi connectivity index (χ1v) is 6.17. The molecule has 1 aliphatic carbocycles. The van der Waals surface area contributed by atoms with Crippen LogP contribution in [-0.2, 0) is 10.1 Å². The lowest BCUT2D eigenvalue weighted by molar-refractivity contribution is 0.385. The van der Waals surface area contributed by atoms with Crippen molar-refractivity contribution in [1.82, 2.24) is 0 Å². The maximum absolute atomic E-state index is 9.19. The molecule has 0 atom stereocenters. The van der Waals surface area contributed by atoms with Crippen molar-refractivity contribution in [2.45, 2.75) is 39.0 Å². The first-order chi connectivity index (χ1) is 5.39. The van der Waals surface area contributed by atoms with E-state index in [1.54, 1.807) is 0 Å². The molecule has 0 saturated heterocycles. The Labute approximate surface area is 74.9 Å². The van der Waals surface area contributed by atoms with Crippen LogP contribution in [-0.4, -0.2) is 19.2 Å². The molecule has 1 rings (SSSR count). The maximum Gasteiger partial charge on any atom is 0.261 e. The van der Waals surface area contributed by atoms with Crippen LogP contribution in [0, 0.1) is 5.92 Å². The highest BCUT2D eigenvalue weighted by molar-refractivity contribution is 7.85. The van der Waals surface area contributed by atoms with Gasteiger partial charge in [-0.3, -0.25) is 4.55 Å². The van der Waals surface area contributed by atoms with Gasteiger partial charge in [-0.05, 0) is 5.92 Å². The molecule has 0 aromatic heterocycles. The van der Waals surface area contributed by atoms with Gasteiger partial charge in [0, 0.05) is 0 Å². The fourth-order valence-electron chi connectivity index (χ4n) is 1.31. The van der Waals surface area contributed by atoms with E-state index in [0.717, 1.165) is 5.92 Å². The van der Waals surface area contributed by atoms with E-state index in [1.165, 1.54) is 32.1 Å². The van der Waals surface area contributed by atoms with Crippen LogP contribution >= 0.6 is 0 Å². The van der Waals surface area contributed by atoms with Crippen LogP contribution < -0.4 is 0 Å². The summed E-state index contributed by atoms with van der Waals surface area (Å²) >= 11 is 0. The molecule has 1 saturated carbocycles. The molecule has 3 nitrogen and oxygen atoms in total. The van der Waals surface area contributed by atoms with Crippen molar-refractivity contribution in [3.8, 4) is 0 Å². The summed E-state index contributed by atoms with van der Waals surface area (Å²) in [6.07, 6.45) is 8.15. The van der Waals surface area contributed by atoms with Gasteiger partial charge >= 0.3 is 0 Å². The van der Waals surface area contributed by atoms with Crippen molar-refractivity contribution in [2.75, 3.05) is 6.26 Å². The summed E-state index contributed by atoms with van der Waals surface area (Å²) in [6.45, 7) is 2.36. The van der Waals surface area contributed by atoms with Crippen LogP contribution in [0.15, 0.2) is 0 Å². The Morgan fingerprint density at radius 1 is 1.17 bits per heavy atom. The fourth-order valence-corrected chi connectivity index (χ4v) is 1.31. The summed E-state index contributed by atoms with van der Waals surface area (Å²) in [6, 6.07) is 0. The third kappa shape index (κ3) is 12.6. The number of rotatable bonds is 0. The Balaban J connectivity index is 0.000000217. The van der Waals surface area contributed by atoms with E-state index >= 15 is 0 Å². The number of hydrogen-bond donors (Lipinski definition) is 1. The van der Waals surface area contributed by atoms with Crippen molar-refractivity contribution in [1.29, 1.82) is 0 Å². The zero-order chi connectivity index (χ0) is 9.61. The fraction of sp³-hybridized carbons (Fsp3) is 1.00. The van der Waals surface area contributed by atoms with Gasteiger partial charge in [0.15, 0.2) is 0 Å². The van der Waals surface area contributed by atoms with E-state index in [9.17, 15) is 8.42 Å². The van der Waals surface area contributed by atoms with Crippen LogP contribution in [0.4, 0.5) is 0 Å². The molecule has 1 N–H and O–H groups in total. The summed E-state index contributed by atoms with van der Waals surface area (Å²) in [5.74, 6) is 1.04. The van der Waals surface area contributed by atoms with Gasteiger partial charge in [0.25, 0.3) is 10.1 Å². The van der Waals surface area contributed by atoms with E-state index in [1.807, 2.05) is 0 Å². The van der Waals surface area contributed by atoms with Gasteiger partial charge in [0.05, 0.1) is 6.26 Å². The molecule has 12 heavy (non-hydrogen) atoms. The van der Waals surface area contributed by atoms with E-state index in [0.29, 0.717) is 6.26 Å². The van der Waals surface area contributed by atoms with Gasteiger partial charge in [-0.15, -0.1) is 0 Å². The lowest BCUT2D eigenvalue weighted by atomic mass is 9.91. The lowest BCUT2D eigenvalue weighted by Gasteiger charge is -2.15. The van der Waals surface area contributed by atoms with Crippen molar-refractivity contribution in [2.24, 2.45) is 5.92 Å². The van der Waals surface area contributed by atoms with E-state index in [-0.39, 0.29) is 0 Å². The molecule has 0 aromatic carbocycles. The Morgan fingerprint density at radius 2 is 1.50 bits per heavy atom. The predicted octanol–water partition coefficient (Wildman–Crippen LogP) is 2.09. The van der Waals surface area contributed by atoms with Crippen LogP contribution in [0.2, 0.25) is 0 Å². The predicted molar refractivity (Wildman–Crippen MR) is 49.7 cm³/mol. The SMILES string of the molecule is CC1CCCCC1.CS(=O)(=O)O. The van der Waals surface area contributed by atoms with E-state index < -0.39 is 10.1 Å². The summed E-state index contributed by atoms with van der Waals surface area (Å²) in [5.41, 5.74) is 0. The van der Waals surface area contributed by atoms with Gasteiger partial charge in [-0.1, -0.05) is 39.0 Å². The highest BCUT2D eigenvalue weighted by Crippen LogP contribution is 2.21. The van der Waals surface area contributed by atoms with Crippen molar-refractivity contribution in [3.63, 3.8) is 0 Å². The van der Waals surface area contributed by atoms with E-state index in [2.05, 4.69) is 6.92 Å². The minimum Gasteiger partial charge on any atom is -0.286 e. The summed E-state index contributed by atoms with van der Waals surface area (Å²) < 4.78 is 25.9. The quantitative estimate of drug-likeness (QED) is 0.601. The molecule has 0 bridgehead atoms. The van der Waals surface area contributed by atoms with Gasteiger partial charge in [-0.2, -0.15) is 8.42 Å². The van der Waals surface area contributed by atoms with Crippen LogP contribution in [0.1, 0.15) is 39.0 Å². The van der Waals surface area contributed by atoms with Crippen molar-refractivity contribution >= 4 is 10.1 Å². The van der Waals surface area contributed by atoms with Gasteiger partial charge in [0.1, 0.15) is 0 Å². The molecule has 1 aliphatic rings. The average molecular weight is 194 g/mol. The molecule has 0 unspecified atom stereocenters. The highest BCUT2D eigenvalue weighted by atomic mass is 32.2. The molecule has 0 aromatic rings. The molecule has 0 heterocycles. The zero-order valence-corrected chi connectivity index (χ0v) is 8.60. The second-order valence-corrected chi connectivity index (χ2v) is 4.94. The standard InChI is InChI=1S/C7H14.CH4O3S/c1-7-5-3-2-4-6-7;1-5(2,3)4/h7H,2-6H2,1H3;1H3,(H,2,3,4). The summed E-state index contributed by atoms with van der Waals surface area (Å²) in [7, 11) is -3.67. The Hall–Kier alpha value is -0.0900. The normalized spacial score (nSPS) is 19.6. The Bertz CT molecular complexity index is 182. The van der Waals surface area contributed by atoms with Gasteiger partial charge in [-0.25, -0.2) is 0 Å². The first kappa shape index (κ1) is 11.9. The summed E-state index contributed by atoms with van der Waals surface area (Å²) in [4.78, 5) is 0. The third-order valence-corrected chi connectivity index (χ3v) is 1.89.